The summed E-state index contributed by atoms with van der Waals surface area (Å²) in [6.45, 7) is 7.67. The van der Waals surface area contributed by atoms with Crippen molar-refractivity contribution in [1.82, 2.24) is 4.57 Å². The zero-order chi connectivity index (χ0) is 22.0. The first-order valence-corrected chi connectivity index (χ1v) is 9.97. The molecule has 3 aromatic rings. The van der Waals surface area contributed by atoms with Crippen molar-refractivity contribution in [2.45, 2.75) is 27.7 Å². The average molecular weight is 418 g/mol. The molecule has 1 aromatic carbocycles. The highest BCUT2D eigenvalue weighted by Crippen LogP contribution is 2.34. The van der Waals surface area contributed by atoms with Crippen molar-refractivity contribution in [2.75, 3.05) is 5.32 Å². The van der Waals surface area contributed by atoms with Crippen LogP contribution in [0.5, 0.6) is 0 Å². The van der Waals surface area contributed by atoms with Gasteiger partial charge in [-0.05, 0) is 63.1 Å². The number of benzene rings is 1. The van der Waals surface area contributed by atoms with E-state index in [0.717, 1.165) is 26.8 Å². The van der Waals surface area contributed by atoms with E-state index in [1.165, 1.54) is 35.6 Å². The zero-order valence-corrected chi connectivity index (χ0v) is 17.8. The number of nitrogens with one attached hydrogen (secondary N) is 1. The lowest BCUT2D eigenvalue weighted by Gasteiger charge is -2.08. The lowest BCUT2D eigenvalue weighted by molar-refractivity contribution is -0.112. The molecule has 0 saturated heterocycles. The topological polar surface area (TPSA) is 81.6 Å². The van der Waals surface area contributed by atoms with Crippen LogP contribution in [0.4, 0.5) is 10.1 Å². The fourth-order valence-electron chi connectivity index (χ4n) is 3.20. The van der Waals surface area contributed by atoms with Crippen LogP contribution in [0.1, 0.15) is 33.0 Å². The molecule has 0 aliphatic rings. The maximum atomic E-state index is 13.8. The molecule has 0 radical (unpaired) electrons. The van der Waals surface area contributed by atoms with Crippen molar-refractivity contribution >= 4 is 29.0 Å². The highest BCUT2D eigenvalue weighted by molar-refractivity contribution is 7.14. The number of rotatable bonds is 4. The van der Waals surface area contributed by atoms with Gasteiger partial charge in [0.2, 0.25) is 0 Å². The van der Waals surface area contributed by atoms with Gasteiger partial charge in [-0.15, -0.1) is 11.3 Å². The molecule has 7 heteroatoms. The molecule has 2 heterocycles. The van der Waals surface area contributed by atoms with Crippen LogP contribution in [-0.2, 0) is 4.79 Å². The Morgan fingerprint density at radius 3 is 2.53 bits per heavy atom. The number of anilines is 1. The van der Waals surface area contributed by atoms with Gasteiger partial charge in [-0.3, -0.25) is 4.79 Å². The molecular weight excluding hydrogens is 399 g/mol. The van der Waals surface area contributed by atoms with Gasteiger partial charge in [0, 0.05) is 16.3 Å². The third-order valence-electron chi connectivity index (χ3n) is 4.94. The molecule has 1 N–H and O–H groups in total. The molecule has 150 valence electrons. The largest absolute Gasteiger partial charge is 0.319 e. The van der Waals surface area contributed by atoms with Gasteiger partial charge in [-0.1, -0.05) is 12.1 Å². The molecule has 0 aliphatic carbocycles. The first-order chi connectivity index (χ1) is 14.3. The summed E-state index contributed by atoms with van der Waals surface area (Å²) in [6.07, 6.45) is 1.48. The first-order valence-electron chi connectivity index (χ1n) is 9.15. The van der Waals surface area contributed by atoms with Crippen LogP contribution in [0.2, 0.25) is 0 Å². The predicted octanol–water partition coefficient (Wildman–Crippen LogP) is 5.33. The number of aryl methyl sites for hydroxylation is 2. The Balaban J connectivity index is 2.02. The minimum Gasteiger partial charge on any atom is -0.319 e. The van der Waals surface area contributed by atoms with Crippen molar-refractivity contribution in [3.05, 3.63) is 74.7 Å². The third-order valence-corrected chi connectivity index (χ3v) is 6.13. The van der Waals surface area contributed by atoms with Gasteiger partial charge in [-0.2, -0.15) is 10.5 Å². The third kappa shape index (κ3) is 3.76. The van der Waals surface area contributed by atoms with Gasteiger partial charge in [-0.25, -0.2) is 4.39 Å². The highest BCUT2D eigenvalue weighted by atomic mass is 32.1. The molecule has 5 nitrogen and oxygen atoms in total. The number of hydrogen-bond acceptors (Lipinski definition) is 4. The normalized spacial score (nSPS) is 11.1. The summed E-state index contributed by atoms with van der Waals surface area (Å²) in [5, 5.41) is 22.3. The number of aromatic nitrogens is 1. The Morgan fingerprint density at radius 1 is 1.20 bits per heavy atom. The van der Waals surface area contributed by atoms with Gasteiger partial charge in [0.15, 0.2) is 0 Å². The molecular formula is C23H19FN4OS. The second-order valence-corrected chi connectivity index (χ2v) is 8.04. The molecule has 3 rings (SSSR count). The highest BCUT2D eigenvalue weighted by Gasteiger charge is 2.19. The molecule has 0 spiro atoms. The number of carbonyl (C=O) groups excluding carboxylic acids is 1. The Bertz CT molecular complexity index is 1270. The van der Waals surface area contributed by atoms with Crippen LogP contribution in [0, 0.1) is 56.2 Å². The molecule has 0 aliphatic heterocycles. The minimum atomic E-state index is -0.687. The monoisotopic (exact) mass is 418 g/mol. The van der Waals surface area contributed by atoms with E-state index in [-0.39, 0.29) is 11.3 Å². The number of hydrogen-bond donors (Lipinski definition) is 1. The van der Waals surface area contributed by atoms with Crippen molar-refractivity contribution in [3.8, 4) is 17.1 Å². The summed E-state index contributed by atoms with van der Waals surface area (Å²) in [4.78, 5) is 13.6. The predicted molar refractivity (Wildman–Crippen MR) is 116 cm³/mol. The van der Waals surface area contributed by atoms with E-state index >= 15 is 0 Å². The summed E-state index contributed by atoms with van der Waals surface area (Å²) in [7, 11) is 0. The van der Waals surface area contributed by atoms with E-state index in [4.69, 9.17) is 0 Å². The number of carbonyl (C=O) groups is 1. The number of para-hydroxylation sites is 1. The number of amides is 1. The number of halogens is 1. The maximum absolute atomic E-state index is 13.8. The SMILES string of the molecule is Cc1sc(-n2c(C)cc(/C=C(/C#N)C(=O)Nc3ccccc3F)c2C)c(C#N)c1C. The van der Waals surface area contributed by atoms with Crippen molar-refractivity contribution in [3.63, 3.8) is 0 Å². The lowest BCUT2D eigenvalue weighted by atomic mass is 10.1. The number of nitrogens with zero attached hydrogens (tertiary/aromatic N) is 3. The number of thiophene rings is 1. The van der Waals surface area contributed by atoms with Gasteiger partial charge < -0.3 is 9.88 Å². The van der Waals surface area contributed by atoms with E-state index < -0.39 is 11.7 Å². The molecule has 0 unspecified atom stereocenters. The second-order valence-electron chi connectivity index (χ2n) is 6.84. The van der Waals surface area contributed by atoms with Crippen LogP contribution in [0.15, 0.2) is 35.9 Å². The van der Waals surface area contributed by atoms with Crippen molar-refractivity contribution in [1.29, 1.82) is 10.5 Å². The lowest BCUT2D eigenvalue weighted by Crippen LogP contribution is -2.14. The van der Waals surface area contributed by atoms with Gasteiger partial charge in [0.1, 0.15) is 28.5 Å². The van der Waals surface area contributed by atoms with Crippen LogP contribution in [-0.4, -0.2) is 10.5 Å². The Morgan fingerprint density at radius 2 is 1.90 bits per heavy atom. The molecule has 0 atom stereocenters. The summed E-state index contributed by atoms with van der Waals surface area (Å²) >= 11 is 1.53. The first kappa shape index (κ1) is 21.0. The summed E-state index contributed by atoms with van der Waals surface area (Å²) in [6, 6.07) is 11.8. The molecule has 1 amide bonds. The minimum absolute atomic E-state index is 0.0114. The van der Waals surface area contributed by atoms with E-state index in [1.807, 2.05) is 44.4 Å². The fourth-order valence-corrected chi connectivity index (χ4v) is 4.42. The molecule has 2 aromatic heterocycles. The van der Waals surface area contributed by atoms with Crippen molar-refractivity contribution in [2.24, 2.45) is 0 Å². The molecule has 0 fully saturated rings. The summed E-state index contributed by atoms with van der Waals surface area (Å²) in [5.74, 6) is -1.26. The summed E-state index contributed by atoms with van der Waals surface area (Å²) in [5.41, 5.74) is 3.80. The Kier molecular flexibility index (Phi) is 5.86. The quantitative estimate of drug-likeness (QED) is 0.459. The number of nitriles is 2. The smallest absolute Gasteiger partial charge is 0.266 e. The summed E-state index contributed by atoms with van der Waals surface area (Å²) < 4.78 is 15.8. The zero-order valence-electron chi connectivity index (χ0n) is 17.0. The van der Waals surface area contributed by atoms with E-state index in [2.05, 4.69) is 11.4 Å². The Labute approximate surface area is 178 Å². The van der Waals surface area contributed by atoms with Crippen LogP contribution >= 0.6 is 11.3 Å². The van der Waals surface area contributed by atoms with E-state index in [1.54, 1.807) is 6.07 Å². The van der Waals surface area contributed by atoms with Crippen LogP contribution in [0.3, 0.4) is 0 Å². The second kappa shape index (κ2) is 8.36. The van der Waals surface area contributed by atoms with E-state index in [0.29, 0.717) is 11.1 Å². The molecule has 0 bridgehead atoms. The maximum Gasteiger partial charge on any atom is 0.266 e. The van der Waals surface area contributed by atoms with Crippen molar-refractivity contribution < 1.29 is 9.18 Å². The molecule has 0 saturated carbocycles. The van der Waals surface area contributed by atoms with Crippen LogP contribution < -0.4 is 5.32 Å². The van der Waals surface area contributed by atoms with Gasteiger partial charge in [0.25, 0.3) is 5.91 Å². The fraction of sp³-hybridized carbons (Fsp3) is 0.174. The average Bonchev–Trinajstić information content (AvgIpc) is 3.15. The van der Waals surface area contributed by atoms with E-state index in [9.17, 15) is 19.7 Å². The molecule has 30 heavy (non-hydrogen) atoms. The van der Waals surface area contributed by atoms with Gasteiger partial charge in [0.05, 0.1) is 11.3 Å². The van der Waals surface area contributed by atoms with Gasteiger partial charge >= 0.3 is 0 Å². The van der Waals surface area contributed by atoms with Crippen LogP contribution in [0.25, 0.3) is 11.1 Å². The standard InChI is InChI=1S/C23H19FN4OS/c1-13-9-17(15(3)28(13)23-19(12-26)14(2)16(4)30-23)10-18(11-25)22(29)27-21-8-6-5-7-20(21)24/h5-10H,1-4H3,(H,27,29)/b18-10-. The Hall–Kier alpha value is -3.68.